The number of carbonyl (C=O) groups is 2. The summed E-state index contributed by atoms with van der Waals surface area (Å²) in [5.74, 6) is -0.108. The fourth-order valence-corrected chi connectivity index (χ4v) is 2.26. The molecule has 0 aliphatic heterocycles. The molecule has 0 aliphatic carbocycles. The van der Waals surface area contributed by atoms with Gasteiger partial charge in [-0.2, -0.15) is 5.10 Å². The number of aromatic amines is 1. The Bertz CT molecular complexity index is 602. The quantitative estimate of drug-likeness (QED) is 0.791. The standard InChI is InChI=1S/C12H14N4O2S/c1-7-5-10(16-15-7)14-11(17)6-13-12(18)9-4-3-8(2)19-9/h3-5H,6H2,1-2H3,(H,13,18)(H2,14,15,16,17). The van der Waals surface area contributed by atoms with Gasteiger partial charge in [-0.25, -0.2) is 0 Å². The summed E-state index contributed by atoms with van der Waals surface area (Å²) < 4.78 is 0. The lowest BCUT2D eigenvalue weighted by atomic mass is 10.4. The van der Waals surface area contributed by atoms with E-state index in [1.54, 1.807) is 12.1 Å². The molecule has 0 bridgehead atoms. The van der Waals surface area contributed by atoms with Gasteiger partial charge in [-0.3, -0.25) is 14.7 Å². The average Bonchev–Trinajstić information content (AvgIpc) is 2.95. The van der Waals surface area contributed by atoms with E-state index in [0.29, 0.717) is 10.7 Å². The molecule has 2 heterocycles. The number of rotatable bonds is 4. The molecule has 0 aromatic carbocycles. The molecule has 6 nitrogen and oxygen atoms in total. The van der Waals surface area contributed by atoms with Crippen LogP contribution in [0.2, 0.25) is 0 Å². The summed E-state index contributed by atoms with van der Waals surface area (Å²) in [5, 5.41) is 11.7. The van der Waals surface area contributed by atoms with Crippen molar-refractivity contribution in [1.82, 2.24) is 15.5 Å². The summed E-state index contributed by atoms with van der Waals surface area (Å²) in [5.41, 5.74) is 0.855. The predicted octanol–water partition coefficient (Wildman–Crippen LogP) is 1.46. The first-order valence-electron chi connectivity index (χ1n) is 5.71. The Kier molecular flexibility index (Phi) is 3.96. The van der Waals surface area contributed by atoms with Gasteiger partial charge in [-0.1, -0.05) is 0 Å². The van der Waals surface area contributed by atoms with E-state index in [0.717, 1.165) is 10.6 Å². The number of hydrogen-bond acceptors (Lipinski definition) is 4. The van der Waals surface area contributed by atoms with E-state index in [1.165, 1.54) is 11.3 Å². The number of H-pyrrole nitrogens is 1. The highest BCUT2D eigenvalue weighted by Gasteiger charge is 2.10. The molecule has 2 rings (SSSR count). The second-order valence-corrected chi connectivity index (χ2v) is 5.37. The van der Waals surface area contributed by atoms with E-state index < -0.39 is 0 Å². The van der Waals surface area contributed by atoms with Crippen LogP contribution in [0.5, 0.6) is 0 Å². The zero-order valence-electron chi connectivity index (χ0n) is 10.6. The molecule has 2 aromatic rings. The van der Waals surface area contributed by atoms with E-state index in [1.807, 2.05) is 19.9 Å². The van der Waals surface area contributed by atoms with Crippen molar-refractivity contribution in [1.29, 1.82) is 0 Å². The van der Waals surface area contributed by atoms with Crippen molar-refractivity contribution in [3.63, 3.8) is 0 Å². The molecular weight excluding hydrogens is 264 g/mol. The highest BCUT2D eigenvalue weighted by molar-refractivity contribution is 7.13. The van der Waals surface area contributed by atoms with Gasteiger partial charge >= 0.3 is 0 Å². The number of carbonyl (C=O) groups excluding carboxylic acids is 2. The van der Waals surface area contributed by atoms with Crippen molar-refractivity contribution in [2.24, 2.45) is 0 Å². The van der Waals surface area contributed by atoms with Crippen LogP contribution < -0.4 is 10.6 Å². The molecule has 100 valence electrons. The molecule has 0 saturated heterocycles. The van der Waals surface area contributed by atoms with Crippen LogP contribution in [-0.2, 0) is 4.79 Å². The maximum atomic E-state index is 11.7. The first-order chi connectivity index (χ1) is 9.04. The monoisotopic (exact) mass is 278 g/mol. The normalized spacial score (nSPS) is 10.2. The maximum absolute atomic E-state index is 11.7. The number of nitrogens with one attached hydrogen (secondary N) is 3. The summed E-state index contributed by atoms with van der Waals surface area (Å²) in [6.07, 6.45) is 0. The van der Waals surface area contributed by atoms with Crippen LogP contribution in [0.15, 0.2) is 18.2 Å². The largest absolute Gasteiger partial charge is 0.342 e. The highest BCUT2D eigenvalue weighted by atomic mass is 32.1. The van der Waals surface area contributed by atoms with E-state index in [2.05, 4.69) is 20.8 Å². The molecule has 3 N–H and O–H groups in total. The van der Waals surface area contributed by atoms with E-state index in [9.17, 15) is 9.59 Å². The Morgan fingerprint density at radius 2 is 2.16 bits per heavy atom. The molecular formula is C12H14N4O2S. The molecule has 0 fully saturated rings. The Hall–Kier alpha value is -2.15. The fraction of sp³-hybridized carbons (Fsp3) is 0.250. The first kappa shape index (κ1) is 13.3. The minimum Gasteiger partial charge on any atom is -0.342 e. The minimum atomic E-state index is -0.312. The third-order valence-electron chi connectivity index (χ3n) is 2.35. The second-order valence-electron chi connectivity index (χ2n) is 4.08. The van der Waals surface area contributed by atoms with Crippen LogP contribution in [0.25, 0.3) is 0 Å². The minimum absolute atomic E-state index is 0.0817. The molecule has 0 radical (unpaired) electrons. The van der Waals surface area contributed by atoms with E-state index in [-0.39, 0.29) is 18.4 Å². The van der Waals surface area contributed by atoms with Crippen LogP contribution in [-0.4, -0.2) is 28.6 Å². The number of aryl methyl sites for hydroxylation is 2. The first-order valence-corrected chi connectivity index (χ1v) is 6.53. The van der Waals surface area contributed by atoms with Crippen molar-refractivity contribution >= 4 is 29.0 Å². The van der Waals surface area contributed by atoms with Crippen LogP contribution in [0.4, 0.5) is 5.82 Å². The van der Waals surface area contributed by atoms with E-state index in [4.69, 9.17) is 0 Å². The van der Waals surface area contributed by atoms with Crippen LogP contribution in [0, 0.1) is 13.8 Å². The Labute approximate surface area is 114 Å². The number of aromatic nitrogens is 2. The van der Waals surface area contributed by atoms with Crippen molar-refractivity contribution in [2.45, 2.75) is 13.8 Å². The van der Waals surface area contributed by atoms with Gasteiger partial charge in [0.2, 0.25) is 5.91 Å². The van der Waals surface area contributed by atoms with Crippen LogP contribution >= 0.6 is 11.3 Å². The lowest BCUT2D eigenvalue weighted by Crippen LogP contribution is -2.32. The van der Waals surface area contributed by atoms with Crippen molar-refractivity contribution in [2.75, 3.05) is 11.9 Å². The number of thiophene rings is 1. The fourth-order valence-electron chi connectivity index (χ4n) is 1.47. The summed E-state index contributed by atoms with van der Waals surface area (Å²) in [4.78, 5) is 25.0. The Balaban J connectivity index is 1.82. The number of hydrogen-bond donors (Lipinski definition) is 3. The number of amides is 2. The van der Waals surface area contributed by atoms with Crippen molar-refractivity contribution < 1.29 is 9.59 Å². The van der Waals surface area contributed by atoms with Crippen LogP contribution in [0.3, 0.4) is 0 Å². The predicted molar refractivity (Wildman–Crippen MR) is 73.3 cm³/mol. The van der Waals surface area contributed by atoms with Gasteiger partial charge in [0.1, 0.15) is 0 Å². The highest BCUT2D eigenvalue weighted by Crippen LogP contribution is 2.14. The molecule has 7 heteroatoms. The molecule has 0 unspecified atom stereocenters. The lowest BCUT2D eigenvalue weighted by Gasteiger charge is -2.03. The summed E-state index contributed by atoms with van der Waals surface area (Å²) in [6.45, 7) is 3.68. The zero-order chi connectivity index (χ0) is 13.8. The summed E-state index contributed by atoms with van der Waals surface area (Å²) >= 11 is 1.39. The SMILES string of the molecule is Cc1cc(NC(=O)CNC(=O)c2ccc(C)s2)n[nH]1. The van der Waals surface area contributed by atoms with Gasteiger partial charge in [0.15, 0.2) is 5.82 Å². The molecule has 0 spiro atoms. The average molecular weight is 278 g/mol. The van der Waals surface area contributed by atoms with Crippen molar-refractivity contribution in [3.8, 4) is 0 Å². The topological polar surface area (TPSA) is 86.9 Å². The van der Waals surface area contributed by atoms with Crippen LogP contribution in [0.1, 0.15) is 20.2 Å². The third-order valence-corrected chi connectivity index (χ3v) is 3.35. The van der Waals surface area contributed by atoms with Gasteiger partial charge in [0.05, 0.1) is 11.4 Å². The maximum Gasteiger partial charge on any atom is 0.261 e. The van der Waals surface area contributed by atoms with E-state index >= 15 is 0 Å². The van der Waals surface area contributed by atoms with Gasteiger partial charge in [0.25, 0.3) is 5.91 Å². The molecule has 0 aliphatic rings. The van der Waals surface area contributed by atoms with Gasteiger partial charge < -0.3 is 10.6 Å². The lowest BCUT2D eigenvalue weighted by molar-refractivity contribution is -0.115. The molecule has 0 saturated carbocycles. The number of anilines is 1. The van der Waals surface area contributed by atoms with Crippen molar-refractivity contribution in [3.05, 3.63) is 33.6 Å². The summed E-state index contributed by atoms with van der Waals surface area (Å²) in [7, 11) is 0. The molecule has 2 amide bonds. The van der Waals surface area contributed by atoms with Gasteiger partial charge in [0, 0.05) is 16.6 Å². The summed E-state index contributed by atoms with van der Waals surface area (Å²) in [6, 6.07) is 5.32. The van der Waals surface area contributed by atoms with Gasteiger partial charge in [-0.15, -0.1) is 11.3 Å². The van der Waals surface area contributed by atoms with Gasteiger partial charge in [-0.05, 0) is 26.0 Å². The Morgan fingerprint density at radius 1 is 1.37 bits per heavy atom. The number of nitrogens with zero attached hydrogens (tertiary/aromatic N) is 1. The smallest absolute Gasteiger partial charge is 0.261 e. The molecule has 0 atom stereocenters. The third kappa shape index (κ3) is 3.65. The Morgan fingerprint density at radius 3 is 2.74 bits per heavy atom. The molecule has 2 aromatic heterocycles. The zero-order valence-corrected chi connectivity index (χ0v) is 11.4. The molecule has 19 heavy (non-hydrogen) atoms. The second kappa shape index (κ2) is 5.66.